The number of carbonyl (C=O) groups excluding carboxylic acids is 1. The van der Waals surface area contributed by atoms with Gasteiger partial charge < -0.3 is 15.1 Å². The van der Waals surface area contributed by atoms with Crippen LogP contribution in [0.3, 0.4) is 0 Å². The van der Waals surface area contributed by atoms with Crippen molar-refractivity contribution in [3.05, 3.63) is 18.1 Å². The van der Waals surface area contributed by atoms with E-state index in [9.17, 15) is 18.0 Å². The molecule has 1 aromatic heterocycles. The summed E-state index contributed by atoms with van der Waals surface area (Å²) in [6, 6.07) is 1.60. The first-order valence-electron chi connectivity index (χ1n) is 10.8. The van der Waals surface area contributed by atoms with E-state index in [4.69, 9.17) is 0 Å². The number of piperidine rings is 1. The molecule has 3 aliphatic rings. The van der Waals surface area contributed by atoms with Crippen molar-refractivity contribution >= 4 is 11.7 Å². The van der Waals surface area contributed by atoms with Crippen molar-refractivity contribution in [3.63, 3.8) is 0 Å². The zero-order chi connectivity index (χ0) is 21.1. The molecular weight excluding hydrogens is 397 g/mol. The molecule has 30 heavy (non-hydrogen) atoms. The van der Waals surface area contributed by atoms with Crippen molar-refractivity contribution in [1.29, 1.82) is 0 Å². The molecule has 166 valence electrons. The van der Waals surface area contributed by atoms with Crippen LogP contribution in [0.25, 0.3) is 0 Å². The van der Waals surface area contributed by atoms with Crippen LogP contribution in [-0.4, -0.2) is 83.6 Å². The van der Waals surface area contributed by atoms with Gasteiger partial charge in [-0.25, -0.2) is 9.97 Å². The molecule has 3 heterocycles. The largest absolute Gasteiger partial charge is 0.433 e. The Labute approximate surface area is 174 Å². The van der Waals surface area contributed by atoms with E-state index in [1.807, 2.05) is 0 Å². The third-order valence-corrected chi connectivity index (χ3v) is 6.24. The third-order valence-electron chi connectivity index (χ3n) is 6.24. The summed E-state index contributed by atoms with van der Waals surface area (Å²) >= 11 is 0. The number of aromatic nitrogens is 2. The Hall–Kier alpha value is -1.94. The Balaban J connectivity index is 1.31. The van der Waals surface area contributed by atoms with E-state index in [0.717, 1.165) is 77.3 Å². The summed E-state index contributed by atoms with van der Waals surface area (Å²) in [6.07, 6.45) is 0.981. The Kier molecular flexibility index (Phi) is 6.43. The SMILES string of the molecule is O=C1CCN(CCN2CCC(N(c3cc(C(F)(F)F)ncn3)C3CC3)CC2)CCN1. The number of nitrogens with one attached hydrogen (secondary N) is 1. The number of likely N-dealkylation sites (tertiary alicyclic amines) is 1. The Bertz CT molecular complexity index is 733. The van der Waals surface area contributed by atoms with Crippen molar-refractivity contribution in [2.75, 3.05) is 50.7 Å². The zero-order valence-electron chi connectivity index (χ0n) is 17.1. The average Bonchev–Trinajstić information content (AvgIpc) is 3.56. The van der Waals surface area contributed by atoms with E-state index >= 15 is 0 Å². The summed E-state index contributed by atoms with van der Waals surface area (Å²) in [5.41, 5.74) is -0.874. The van der Waals surface area contributed by atoms with E-state index < -0.39 is 11.9 Å². The molecule has 0 radical (unpaired) electrons. The number of anilines is 1. The molecule has 0 unspecified atom stereocenters. The lowest BCUT2D eigenvalue weighted by atomic mass is 10.0. The maximum Gasteiger partial charge on any atom is 0.433 e. The van der Waals surface area contributed by atoms with Crippen LogP contribution in [0.5, 0.6) is 0 Å². The van der Waals surface area contributed by atoms with Crippen LogP contribution in [-0.2, 0) is 11.0 Å². The molecular formula is C20H29F3N6O. The van der Waals surface area contributed by atoms with E-state index in [1.165, 1.54) is 0 Å². The van der Waals surface area contributed by atoms with E-state index in [1.54, 1.807) is 0 Å². The maximum atomic E-state index is 13.1. The van der Waals surface area contributed by atoms with E-state index in [-0.39, 0.29) is 11.9 Å². The number of nitrogens with zero attached hydrogens (tertiary/aromatic N) is 5. The summed E-state index contributed by atoms with van der Waals surface area (Å²) in [5.74, 6) is 0.525. The predicted octanol–water partition coefficient (Wildman–Crippen LogP) is 1.75. The van der Waals surface area contributed by atoms with Crippen LogP contribution in [0.1, 0.15) is 37.8 Å². The van der Waals surface area contributed by atoms with Crippen molar-refractivity contribution in [2.45, 2.75) is 50.4 Å². The minimum atomic E-state index is -4.45. The lowest BCUT2D eigenvalue weighted by Gasteiger charge is -2.40. The fourth-order valence-corrected chi connectivity index (χ4v) is 4.41. The van der Waals surface area contributed by atoms with E-state index in [2.05, 4.69) is 30.0 Å². The van der Waals surface area contributed by atoms with Gasteiger partial charge in [-0.05, 0) is 25.7 Å². The molecule has 0 aromatic carbocycles. The fourth-order valence-electron chi connectivity index (χ4n) is 4.41. The number of hydrogen-bond acceptors (Lipinski definition) is 6. The Morgan fingerprint density at radius 3 is 2.33 bits per heavy atom. The highest BCUT2D eigenvalue weighted by atomic mass is 19.4. The van der Waals surface area contributed by atoms with Gasteiger partial charge in [-0.3, -0.25) is 9.69 Å². The first kappa shape index (κ1) is 21.3. The topological polar surface area (TPSA) is 64.6 Å². The van der Waals surface area contributed by atoms with Crippen LogP contribution >= 0.6 is 0 Å². The first-order chi connectivity index (χ1) is 14.4. The third kappa shape index (κ3) is 5.40. The number of carbonyl (C=O) groups is 1. The lowest BCUT2D eigenvalue weighted by Crippen LogP contribution is -2.48. The summed E-state index contributed by atoms with van der Waals surface area (Å²) in [5, 5.41) is 2.90. The molecule has 10 heteroatoms. The number of amides is 1. The molecule has 0 spiro atoms. The molecule has 2 aliphatic heterocycles. The number of halogens is 3. The highest BCUT2D eigenvalue weighted by molar-refractivity contribution is 5.76. The van der Waals surface area contributed by atoms with Crippen LogP contribution in [0.15, 0.2) is 12.4 Å². The molecule has 1 aromatic rings. The van der Waals surface area contributed by atoms with Crippen LogP contribution < -0.4 is 10.2 Å². The van der Waals surface area contributed by atoms with Crippen molar-refractivity contribution in [2.24, 2.45) is 0 Å². The minimum Gasteiger partial charge on any atom is -0.355 e. The van der Waals surface area contributed by atoms with Gasteiger partial charge in [0, 0.05) is 70.4 Å². The molecule has 1 aliphatic carbocycles. The van der Waals surface area contributed by atoms with Crippen LogP contribution in [0.2, 0.25) is 0 Å². The summed E-state index contributed by atoms with van der Waals surface area (Å²) in [6.45, 7) is 6.13. The molecule has 7 nitrogen and oxygen atoms in total. The highest BCUT2D eigenvalue weighted by Gasteiger charge is 2.38. The first-order valence-corrected chi connectivity index (χ1v) is 10.8. The zero-order valence-corrected chi connectivity index (χ0v) is 17.1. The summed E-state index contributed by atoms with van der Waals surface area (Å²) < 4.78 is 39.3. The molecule has 0 bridgehead atoms. The second kappa shape index (κ2) is 9.05. The van der Waals surface area contributed by atoms with Gasteiger partial charge in [-0.2, -0.15) is 13.2 Å². The highest BCUT2D eigenvalue weighted by Crippen LogP contribution is 2.37. The van der Waals surface area contributed by atoms with Gasteiger partial charge >= 0.3 is 6.18 Å². The number of hydrogen-bond donors (Lipinski definition) is 1. The molecule has 1 N–H and O–H groups in total. The molecule has 4 rings (SSSR count). The van der Waals surface area contributed by atoms with Gasteiger partial charge in [0.1, 0.15) is 17.8 Å². The van der Waals surface area contributed by atoms with Gasteiger partial charge in [-0.1, -0.05) is 0 Å². The number of alkyl halides is 3. The molecule has 3 fully saturated rings. The van der Waals surface area contributed by atoms with Crippen molar-refractivity contribution in [1.82, 2.24) is 25.1 Å². The van der Waals surface area contributed by atoms with Gasteiger partial charge in [0.2, 0.25) is 5.91 Å². The minimum absolute atomic E-state index is 0.122. The van der Waals surface area contributed by atoms with Gasteiger partial charge in [0.25, 0.3) is 0 Å². The van der Waals surface area contributed by atoms with Crippen LogP contribution in [0, 0.1) is 0 Å². The normalized spacial score (nSPS) is 22.6. The lowest BCUT2D eigenvalue weighted by molar-refractivity contribution is -0.141. The maximum absolute atomic E-state index is 13.1. The molecule has 1 amide bonds. The summed E-state index contributed by atoms with van der Waals surface area (Å²) in [4.78, 5) is 25.9. The fraction of sp³-hybridized carbons (Fsp3) is 0.750. The monoisotopic (exact) mass is 426 g/mol. The number of rotatable bonds is 6. The summed E-state index contributed by atoms with van der Waals surface area (Å²) in [7, 11) is 0. The van der Waals surface area contributed by atoms with E-state index in [0.29, 0.717) is 24.8 Å². The standard InChI is InChI=1S/C20H29F3N6O/c21-20(22,23)17-13-18(26-14-25-17)29(15-1-2-15)16-3-7-27(8-4-16)11-12-28-9-5-19(30)24-6-10-28/h13-16H,1-12H2,(H,24,30). The van der Waals surface area contributed by atoms with Crippen molar-refractivity contribution < 1.29 is 18.0 Å². The quantitative estimate of drug-likeness (QED) is 0.748. The van der Waals surface area contributed by atoms with Crippen LogP contribution in [0.4, 0.5) is 19.0 Å². The molecule has 1 saturated carbocycles. The Morgan fingerprint density at radius 1 is 1.00 bits per heavy atom. The van der Waals surface area contributed by atoms with Gasteiger partial charge in [0.05, 0.1) is 0 Å². The van der Waals surface area contributed by atoms with Gasteiger partial charge in [0.15, 0.2) is 0 Å². The molecule has 2 saturated heterocycles. The second-order valence-corrected chi connectivity index (χ2v) is 8.41. The Morgan fingerprint density at radius 2 is 1.67 bits per heavy atom. The smallest absolute Gasteiger partial charge is 0.355 e. The van der Waals surface area contributed by atoms with Crippen molar-refractivity contribution in [3.8, 4) is 0 Å². The van der Waals surface area contributed by atoms with Gasteiger partial charge in [-0.15, -0.1) is 0 Å². The second-order valence-electron chi connectivity index (χ2n) is 8.41. The molecule has 0 atom stereocenters. The predicted molar refractivity (Wildman–Crippen MR) is 106 cm³/mol. The average molecular weight is 426 g/mol.